The minimum Gasteiger partial charge on any atom is -0.508 e. The molecular weight excluding hydrogens is 440 g/mol. The van der Waals surface area contributed by atoms with Crippen molar-refractivity contribution in [2.24, 2.45) is 0 Å². The van der Waals surface area contributed by atoms with Gasteiger partial charge in [-0.25, -0.2) is 0 Å². The number of halogens is 1. The van der Waals surface area contributed by atoms with Crippen molar-refractivity contribution < 1.29 is 14.8 Å². The molecule has 0 fully saturated rings. The number of amides is 1. The van der Waals surface area contributed by atoms with E-state index >= 15 is 0 Å². The first kappa shape index (κ1) is 18.8. The minimum atomic E-state index is -0.518. The van der Waals surface area contributed by atoms with Crippen molar-refractivity contribution in [2.45, 2.75) is 5.16 Å². The largest absolute Gasteiger partial charge is 0.508 e. The number of benzene rings is 2. The van der Waals surface area contributed by atoms with Crippen LogP contribution in [0, 0.1) is 10.1 Å². The number of phenols is 1. The van der Waals surface area contributed by atoms with Gasteiger partial charge in [0.25, 0.3) is 5.69 Å². The molecule has 0 atom stereocenters. The van der Waals surface area contributed by atoms with Crippen LogP contribution in [0.3, 0.4) is 0 Å². The lowest BCUT2D eigenvalue weighted by molar-refractivity contribution is -0.384. The Morgan fingerprint density at radius 1 is 1.30 bits per heavy atom. The Morgan fingerprint density at radius 3 is 2.70 bits per heavy atom. The highest BCUT2D eigenvalue weighted by Gasteiger charge is 2.14. The van der Waals surface area contributed by atoms with E-state index in [0.717, 1.165) is 11.8 Å². The number of aromatic hydroxyl groups is 1. The molecule has 3 rings (SSSR count). The second-order valence-electron chi connectivity index (χ2n) is 5.15. The summed E-state index contributed by atoms with van der Waals surface area (Å²) in [5.41, 5.74) is 0.977. The summed E-state index contributed by atoms with van der Waals surface area (Å²) < 4.78 is 1.85. The number of non-ortho nitro benzene ring substituents is 1. The van der Waals surface area contributed by atoms with Gasteiger partial charge in [0.15, 0.2) is 0 Å². The van der Waals surface area contributed by atoms with Crippen LogP contribution in [0.2, 0.25) is 0 Å². The highest BCUT2D eigenvalue weighted by molar-refractivity contribution is 9.10. The Morgan fingerprint density at radius 2 is 2.04 bits per heavy atom. The van der Waals surface area contributed by atoms with Gasteiger partial charge in [-0.3, -0.25) is 14.9 Å². The third-order valence-electron chi connectivity index (χ3n) is 3.31. The van der Waals surface area contributed by atoms with Gasteiger partial charge in [0.05, 0.1) is 22.1 Å². The molecule has 27 heavy (non-hydrogen) atoms. The molecule has 0 bridgehead atoms. The number of aromatic nitrogens is 4. The first-order valence-electron chi connectivity index (χ1n) is 7.38. The number of nitrogens with one attached hydrogen (secondary N) is 1. The zero-order valence-electron chi connectivity index (χ0n) is 13.4. The van der Waals surface area contributed by atoms with Crippen molar-refractivity contribution in [2.75, 3.05) is 11.1 Å². The maximum atomic E-state index is 12.2. The van der Waals surface area contributed by atoms with Crippen molar-refractivity contribution in [3.8, 4) is 11.4 Å². The third kappa shape index (κ3) is 4.60. The summed E-state index contributed by atoms with van der Waals surface area (Å²) in [4.78, 5) is 22.4. The number of rotatable bonds is 6. The molecule has 0 saturated heterocycles. The van der Waals surface area contributed by atoms with Gasteiger partial charge in [0.1, 0.15) is 5.75 Å². The summed E-state index contributed by atoms with van der Waals surface area (Å²) in [6.45, 7) is 0. The Hall–Kier alpha value is -2.99. The number of tetrazole rings is 1. The number of carbonyl (C=O) groups is 1. The summed E-state index contributed by atoms with van der Waals surface area (Å²) >= 11 is 4.32. The quantitative estimate of drug-likeness (QED) is 0.332. The zero-order chi connectivity index (χ0) is 19.4. The van der Waals surface area contributed by atoms with Crippen LogP contribution in [0.25, 0.3) is 5.69 Å². The number of anilines is 1. The molecule has 0 spiro atoms. The lowest BCUT2D eigenvalue weighted by atomic mass is 10.3. The first-order valence-corrected chi connectivity index (χ1v) is 9.16. The Balaban J connectivity index is 1.64. The number of nitro groups is 1. The van der Waals surface area contributed by atoms with E-state index in [1.54, 1.807) is 12.1 Å². The van der Waals surface area contributed by atoms with Gasteiger partial charge in [-0.05, 0) is 56.7 Å². The molecule has 1 amide bonds. The van der Waals surface area contributed by atoms with Gasteiger partial charge in [-0.2, -0.15) is 4.68 Å². The lowest BCUT2D eigenvalue weighted by Crippen LogP contribution is -2.15. The van der Waals surface area contributed by atoms with Crippen LogP contribution in [-0.4, -0.2) is 41.9 Å². The van der Waals surface area contributed by atoms with Gasteiger partial charge in [-0.1, -0.05) is 11.8 Å². The van der Waals surface area contributed by atoms with E-state index in [1.807, 2.05) is 0 Å². The molecule has 0 saturated carbocycles. The Kier molecular flexibility index (Phi) is 5.66. The molecule has 3 aromatic rings. The molecule has 12 heteroatoms. The van der Waals surface area contributed by atoms with E-state index in [-0.39, 0.29) is 23.1 Å². The highest BCUT2D eigenvalue weighted by Crippen LogP contribution is 2.27. The predicted octanol–water partition coefficient (Wildman–Crippen LogP) is 2.77. The molecular formula is C15H11BrN6O4S. The van der Waals surface area contributed by atoms with E-state index in [4.69, 9.17) is 0 Å². The SMILES string of the molecule is O=C(CSc1nnnn1-c1ccc(O)cc1)Nc1ccc([N+](=O)[O-])cc1Br. The summed E-state index contributed by atoms with van der Waals surface area (Å²) in [5.74, 6) is -0.175. The molecule has 1 heterocycles. The van der Waals surface area contributed by atoms with Crippen LogP contribution >= 0.6 is 27.7 Å². The normalized spacial score (nSPS) is 10.6. The van der Waals surface area contributed by atoms with E-state index < -0.39 is 4.92 Å². The van der Waals surface area contributed by atoms with E-state index in [2.05, 4.69) is 36.8 Å². The van der Waals surface area contributed by atoms with Crippen LogP contribution < -0.4 is 5.32 Å². The average Bonchev–Trinajstić information content (AvgIpc) is 3.10. The second-order valence-corrected chi connectivity index (χ2v) is 6.94. The van der Waals surface area contributed by atoms with Crippen molar-refractivity contribution >= 4 is 45.0 Å². The second kappa shape index (κ2) is 8.14. The number of phenolic OH excluding ortho intramolecular Hbond substituents is 1. The fraction of sp³-hybridized carbons (Fsp3) is 0.0667. The van der Waals surface area contributed by atoms with Gasteiger partial charge in [-0.15, -0.1) is 5.10 Å². The van der Waals surface area contributed by atoms with Gasteiger partial charge >= 0.3 is 0 Å². The van der Waals surface area contributed by atoms with Crippen molar-refractivity contribution in [3.63, 3.8) is 0 Å². The summed E-state index contributed by atoms with van der Waals surface area (Å²) in [5, 5.41) is 34.5. The number of hydrogen-bond donors (Lipinski definition) is 2. The first-order chi connectivity index (χ1) is 12.9. The van der Waals surface area contributed by atoms with Crippen molar-refractivity contribution in [3.05, 3.63) is 57.1 Å². The topological polar surface area (TPSA) is 136 Å². The molecule has 2 N–H and O–H groups in total. The number of carbonyl (C=O) groups excluding carboxylic acids is 1. The minimum absolute atomic E-state index is 0.0296. The molecule has 10 nitrogen and oxygen atoms in total. The summed E-state index contributed by atoms with van der Waals surface area (Å²) in [6, 6.07) is 10.4. The molecule has 0 unspecified atom stereocenters. The summed E-state index contributed by atoms with van der Waals surface area (Å²) in [7, 11) is 0. The molecule has 0 aliphatic heterocycles. The van der Waals surface area contributed by atoms with Crippen LogP contribution in [0.4, 0.5) is 11.4 Å². The van der Waals surface area contributed by atoms with Crippen LogP contribution in [0.5, 0.6) is 5.75 Å². The van der Waals surface area contributed by atoms with Gasteiger partial charge in [0, 0.05) is 16.6 Å². The standard InChI is InChI=1S/C15H11BrN6O4S/c16-12-7-10(22(25)26)3-6-13(12)17-14(24)8-27-15-18-19-20-21(15)9-1-4-11(23)5-2-9/h1-7,23H,8H2,(H,17,24). The van der Waals surface area contributed by atoms with Crippen molar-refractivity contribution in [1.82, 2.24) is 20.2 Å². The zero-order valence-corrected chi connectivity index (χ0v) is 15.8. The molecule has 0 aliphatic carbocycles. The van der Waals surface area contributed by atoms with E-state index in [9.17, 15) is 20.0 Å². The predicted molar refractivity (Wildman–Crippen MR) is 101 cm³/mol. The van der Waals surface area contributed by atoms with Crippen LogP contribution in [0.15, 0.2) is 52.1 Å². The maximum Gasteiger partial charge on any atom is 0.270 e. The highest BCUT2D eigenvalue weighted by atomic mass is 79.9. The molecule has 0 aliphatic rings. The molecule has 138 valence electrons. The number of nitro benzene ring substituents is 1. The fourth-order valence-electron chi connectivity index (χ4n) is 2.06. The van der Waals surface area contributed by atoms with Gasteiger partial charge < -0.3 is 10.4 Å². The monoisotopic (exact) mass is 450 g/mol. The fourth-order valence-corrected chi connectivity index (χ4v) is 3.22. The van der Waals surface area contributed by atoms with E-state index in [1.165, 1.54) is 35.0 Å². The Bertz CT molecular complexity index is 994. The van der Waals surface area contributed by atoms with Gasteiger partial charge in [0.2, 0.25) is 11.1 Å². The summed E-state index contributed by atoms with van der Waals surface area (Å²) in [6.07, 6.45) is 0. The van der Waals surface area contributed by atoms with Crippen molar-refractivity contribution in [1.29, 1.82) is 0 Å². The Labute approximate surface area is 164 Å². The number of nitrogens with zero attached hydrogens (tertiary/aromatic N) is 5. The lowest BCUT2D eigenvalue weighted by Gasteiger charge is -2.07. The number of hydrogen-bond acceptors (Lipinski definition) is 8. The van der Waals surface area contributed by atoms with E-state index in [0.29, 0.717) is 21.0 Å². The maximum absolute atomic E-state index is 12.2. The molecule has 0 radical (unpaired) electrons. The van der Waals surface area contributed by atoms with Crippen LogP contribution in [-0.2, 0) is 4.79 Å². The molecule has 1 aromatic heterocycles. The smallest absolute Gasteiger partial charge is 0.270 e. The van der Waals surface area contributed by atoms with Crippen LogP contribution in [0.1, 0.15) is 0 Å². The average molecular weight is 451 g/mol. The molecule has 2 aromatic carbocycles. The number of thioether (sulfide) groups is 1. The third-order valence-corrected chi connectivity index (χ3v) is 4.88.